The minimum absolute atomic E-state index is 0.0573. The van der Waals surface area contributed by atoms with Gasteiger partial charge in [0, 0.05) is 42.0 Å². The monoisotopic (exact) mass is 580 g/mol. The van der Waals surface area contributed by atoms with E-state index < -0.39 is 5.97 Å². The van der Waals surface area contributed by atoms with Gasteiger partial charge in [0.1, 0.15) is 11.3 Å². The van der Waals surface area contributed by atoms with Crippen molar-refractivity contribution in [3.05, 3.63) is 126 Å². The lowest BCUT2D eigenvalue weighted by atomic mass is 9.90. The van der Waals surface area contributed by atoms with Crippen molar-refractivity contribution in [2.24, 2.45) is 0 Å². The van der Waals surface area contributed by atoms with Crippen molar-refractivity contribution in [3.63, 3.8) is 0 Å². The number of hydrogen-bond donors (Lipinski definition) is 1. The summed E-state index contributed by atoms with van der Waals surface area (Å²) >= 11 is 0. The van der Waals surface area contributed by atoms with Gasteiger partial charge in [0.2, 0.25) is 0 Å². The number of anilines is 1. The highest BCUT2D eigenvalue weighted by molar-refractivity contribution is 5.96. The molecular weight excluding hydrogens is 552 g/mol. The number of esters is 1. The van der Waals surface area contributed by atoms with Gasteiger partial charge in [0.05, 0.1) is 23.9 Å². The molecule has 0 bridgehead atoms. The zero-order valence-electron chi connectivity index (χ0n) is 23.9. The molecule has 216 valence electrons. The fourth-order valence-electron chi connectivity index (χ4n) is 5.56. The highest BCUT2D eigenvalue weighted by Crippen LogP contribution is 2.33. The molecule has 9 heteroatoms. The van der Waals surface area contributed by atoms with Crippen molar-refractivity contribution in [2.45, 2.75) is 5.92 Å². The van der Waals surface area contributed by atoms with Crippen LogP contribution in [0.5, 0.6) is 0 Å². The SMILES string of the molecule is COC(=O)c1ccc(C(=O)N2CC(c3ccc(-n4c(-c5cccnc5N)nc5ccc(-c6ccccc6)nc54)cc3)C2)cc1. The van der Waals surface area contributed by atoms with Gasteiger partial charge in [-0.3, -0.25) is 9.36 Å². The van der Waals surface area contributed by atoms with E-state index in [4.69, 9.17) is 20.4 Å². The number of fused-ring (bicyclic) bond motifs is 1. The quantitative estimate of drug-likeness (QED) is 0.249. The molecule has 2 N–H and O–H groups in total. The summed E-state index contributed by atoms with van der Waals surface area (Å²) in [5.41, 5.74) is 13.4. The van der Waals surface area contributed by atoms with Crippen LogP contribution in [0.2, 0.25) is 0 Å². The van der Waals surface area contributed by atoms with Gasteiger partial charge in [0.25, 0.3) is 5.91 Å². The van der Waals surface area contributed by atoms with Crippen LogP contribution in [-0.2, 0) is 4.74 Å². The number of nitrogens with two attached hydrogens (primary N) is 1. The molecule has 44 heavy (non-hydrogen) atoms. The number of likely N-dealkylation sites (tertiary alicyclic amines) is 1. The number of carbonyl (C=O) groups is 2. The van der Waals surface area contributed by atoms with E-state index >= 15 is 0 Å². The number of aromatic nitrogens is 4. The maximum Gasteiger partial charge on any atom is 0.337 e. The average molecular weight is 581 g/mol. The number of benzene rings is 3. The normalized spacial score (nSPS) is 13.1. The number of methoxy groups -OCH3 is 1. The lowest BCUT2D eigenvalue weighted by Gasteiger charge is -2.39. The van der Waals surface area contributed by atoms with Crippen LogP contribution in [0.4, 0.5) is 5.82 Å². The molecule has 0 spiro atoms. The molecule has 1 amide bonds. The number of nitrogens with zero attached hydrogens (tertiary/aromatic N) is 5. The molecule has 0 unspecified atom stereocenters. The first-order valence-electron chi connectivity index (χ1n) is 14.2. The molecule has 7 rings (SSSR count). The largest absolute Gasteiger partial charge is 0.465 e. The summed E-state index contributed by atoms with van der Waals surface area (Å²) in [7, 11) is 1.33. The van der Waals surface area contributed by atoms with Crippen LogP contribution in [-0.4, -0.2) is 56.5 Å². The van der Waals surface area contributed by atoms with Crippen molar-refractivity contribution in [3.8, 4) is 28.3 Å². The number of ether oxygens (including phenoxy) is 1. The molecule has 1 aliphatic heterocycles. The Hall–Kier alpha value is -5.83. The third kappa shape index (κ3) is 4.84. The minimum Gasteiger partial charge on any atom is -0.465 e. The Balaban J connectivity index is 1.17. The van der Waals surface area contributed by atoms with E-state index in [2.05, 4.69) is 29.2 Å². The van der Waals surface area contributed by atoms with E-state index in [0.717, 1.165) is 39.2 Å². The summed E-state index contributed by atoms with van der Waals surface area (Å²) < 4.78 is 6.76. The number of imidazole rings is 1. The fourth-order valence-corrected chi connectivity index (χ4v) is 5.56. The molecule has 0 atom stereocenters. The first-order valence-corrected chi connectivity index (χ1v) is 14.2. The Kier molecular flexibility index (Phi) is 6.82. The van der Waals surface area contributed by atoms with E-state index in [0.29, 0.717) is 35.9 Å². The van der Waals surface area contributed by atoms with E-state index in [1.807, 2.05) is 64.1 Å². The topological polar surface area (TPSA) is 116 Å². The second-order valence-electron chi connectivity index (χ2n) is 10.7. The third-order valence-corrected chi connectivity index (χ3v) is 8.00. The predicted molar refractivity (Wildman–Crippen MR) is 168 cm³/mol. The van der Waals surface area contributed by atoms with Gasteiger partial charge in [-0.2, -0.15) is 0 Å². The number of nitrogen functional groups attached to an aromatic ring is 1. The lowest BCUT2D eigenvalue weighted by Crippen LogP contribution is -2.48. The smallest absolute Gasteiger partial charge is 0.337 e. The molecule has 1 aliphatic rings. The van der Waals surface area contributed by atoms with E-state index in [1.165, 1.54) is 7.11 Å². The van der Waals surface area contributed by atoms with Crippen molar-refractivity contribution in [2.75, 3.05) is 25.9 Å². The molecular formula is C35H28N6O3. The number of hydrogen-bond acceptors (Lipinski definition) is 7. The molecule has 0 saturated carbocycles. The summed E-state index contributed by atoms with van der Waals surface area (Å²) in [6.07, 6.45) is 1.66. The minimum atomic E-state index is -0.427. The average Bonchev–Trinajstić information content (AvgIpc) is 3.43. The van der Waals surface area contributed by atoms with Crippen LogP contribution in [0.25, 0.3) is 39.5 Å². The summed E-state index contributed by atoms with van der Waals surface area (Å²) in [6, 6.07) is 32.6. The number of carbonyl (C=O) groups excluding carboxylic acids is 2. The second kappa shape index (κ2) is 11.1. The van der Waals surface area contributed by atoms with Gasteiger partial charge in [-0.1, -0.05) is 42.5 Å². The van der Waals surface area contributed by atoms with Crippen LogP contribution in [0.1, 0.15) is 32.2 Å². The van der Waals surface area contributed by atoms with Gasteiger partial charge in [-0.25, -0.2) is 19.7 Å². The highest BCUT2D eigenvalue weighted by atomic mass is 16.5. The first kappa shape index (κ1) is 27.0. The first-order chi connectivity index (χ1) is 21.5. The maximum atomic E-state index is 13.0. The van der Waals surface area contributed by atoms with Crippen LogP contribution in [0.3, 0.4) is 0 Å². The standard InChI is InChI=1S/C35H28N6O3/c1-44-35(43)25-11-9-24(10-12-25)34(42)40-20-26(21-40)22-13-15-27(16-14-22)41-32(28-8-5-19-37-31(28)36)39-30-18-17-29(38-33(30)41)23-6-3-2-4-7-23/h2-19,26H,20-21H2,1H3,(H2,36,37). The van der Waals surface area contributed by atoms with E-state index in [-0.39, 0.29) is 11.8 Å². The number of pyridine rings is 2. The van der Waals surface area contributed by atoms with Gasteiger partial charge in [-0.05, 0) is 66.2 Å². The molecule has 0 aliphatic carbocycles. The Labute approximate surface area is 253 Å². The van der Waals surface area contributed by atoms with Gasteiger partial charge >= 0.3 is 5.97 Å². The summed E-state index contributed by atoms with van der Waals surface area (Å²) in [5.74, 6) is 0.790. The van der Waals surface area contributed by atoms with Crippen LogP contribution < -0.4 is 5.73 Å². The fraction of sp³-hybridized carbons (Fsp3) is 0.114. The molecule has 1 saturated heterocycles. The predicted octanol–water partition coefficient (Wildman–Crippen LogP) is 5.76. The molecule has 6 aromatic rings. The van der Waals surface area contributed by atoms with E-state index in [1.54, 1.807) is 30.5 Å². The molecule has 1 fully saturated rings. The molecule has 0 radical (unpaired) electrons. The summed E-state index contributed by atoms with van der Waals surface area (Å²) in [6.45, 7) is 1.23. The second-order valence-corrected chi connectivity index (χ2v) is 10.7. The van der Waals surface area contributed by atoms with Crippen LogP contribution >= 0.6 is 0 Å². The van der Waals surface area contributed by atoms with Gasteiger partial charge in [-0.15, -0.1) is 0 Å². The Morgan fingerprint density at radius 2 is 1.55 bits per heavy atom. The van der Waals surface area contributed by atoms with E-state index in [9.17, 15) is 9.59 Å². The van der Waals surface area contributed by atoms with Gasteiger partial charge in [0.15, 0.2) is 11.5 Å². The van der Waals surface area contributed by atoms with Crippen molar-refractivity contribution >= 4 is 28.9 Å². The lowest BCUT2D eigenvalue weighted by molar-refractivity contribution is 0.0589. The Morgan fingerprint density at radius 3 is 2.25 bits per heavy atom. The zero-order valence-corrected chi connectivity index (χ0v) is 23.9. The maximum absolute atomic E-state index is 13.0. The number of rotatable bonds is 6. The van der Waals surface area contributed by atoms with Crippen molar-refractivity contribution < 1.29 is 14.3 Å². The highest BCUT2D eigenvalue weighted by Gasteiger charge is 2.32. The summed E-state index contributed by atoms with van der Waals surface area (Å²) in [5, 5.41) is 0. The third-order valence-electron chi connectivity index (χ3n) is 8.00. The van der Waals surface area contributed by atoms with Gasteiger partial charge < -0.3 is 15.4 Å². The van der Waals surface area contributed by atoms with Crippen LogP contribution in [0, 0.1) is 0 Å². The summed E-state index contributed by atoms with van der Waals surface area (Å²) in [4.78, 5) is 40.8. The molecule has 3 aromatic heterocycles. The van der Waals surface area contributed by atoms with Crippen molar-refractivity contribution in [1.82, 2.24) is 24.4 Å². The Morgan fingerprint density at radius 1 is 0.818 bits per heavy atom. The zero-order chi connectivity index (χ0) is 30.2. The number of amides is 1. The molecule has 9 nitrogen and oxygen atoms in total. The van der Waals surface area contributed by atoms with Crippen molar-refractivity contribution in [1.29, 1.82) is 0 Å². The molecule has 4 heterocycles. The Bertz CT molecular complexity index is 2000. The molecule has 3 aromatic carbocycles. The van der Waals surface area contributed by atoms with Crippen LogP contribution in [0.15, 0.2) is 109 Å².